The first-order chi connectivity index (χ1) is 14.4. The Morgan fingerprint density at radius 3 is 2.73 bits per heavy atom. The second-order valence-electron chi connectivity index (χ2n) is 6.17. The van der Waals surface area contributed by atoms with Crippen LogP contribution in [0.5, 0.6) is 11.5 Å². The molecule has 0 aliphatic carbocycles. The minimum atomic E-state index is -1.05. The summed E-state index contributed by atoms with van der Waals surface area (Å²) in [5.74, 6) is -0.766. The van der Waals surface area contributed by atoms with Crippen LogP contribution in [0.2, 0.25) is 0 Å². The van der Waals surface area contributed by atoms with Crippen molar-refractivity contribution >= 4 is 35.0 Å². The molecule has 0 bridgehead atoms. The maximum atomic E-state index is 13.0. The van der Waals surface area contributed by atoms with Gasteiger partial charge in [-0.25, -0.2) is 4.39 Å². The molecule has 0 saturated carbocycles. The standard InChI is InChI=1S/C20H18FN3O5S/c1-28-16-8-13(4-7-15(16)29-11-12-2-5-14(21)6-3-12)10-22-24-20-23-19(27)17(30-20)9-18(25)26/h2-8,10,17H,9,11H2,1H3,(H,25,26)(H,23,24,27)/b22-10-/t17-/m1/s1. The summed E-state index contributed by atoms with van der Waals surface area (Å²) < 4.78 is 24.0. The normalized spacial score (nSPS) is 17.3. The van der Waals surface area contributed by atoms with E-state index in [0.717, 1.165) is 17.3 Å². The van der Waals surface area contributed by atoms with E-state index in [1.54, 1.807) is 30.3 Å². The van der Waals surface area contributed by atoms with Gasteiger partial charge in [-0.05, 0) is 41.5 Å². The van der Waals surface area contributed by atoms with E-state index >= 15 is 0 Å². The Bertz CT molecular complexity index is 994. The Kier molecular flexibility index (Phi) is 7.02. The first-order valence-electron chi connectivity index (χ1n) is 8.80. The van der Waals surface area contributed by atoms with Gasteiger partial charge in [0.25, 0.3) is 0 Å². The van der Waals surface area contributed by atoms with Crippen LogP contribution in [0.25, 0.3) is 0 Å². The third kappa shape index (κ3) is 5.80. The van der Waals surface area contributed by atoms with E-state index in [9.17, 15) is 14.0 Å². The fraction of sp³-hybridized carbons (Fsp3) is 0.200. The fourth-order valence-corrected chi connectivity index (χ4v) is 3.43. The molecule has 8 nitrogen and oxygen atoms in total. The molecule has 1 fully saturated rings. The summed E-state index contributed by atoms with van der Waals surface area (Å²) in [6, 6.07) is 11.2. The second kappa shape index (κ2) is 9.88. The summed E-state index contributed by atoms with van der Waals surface area (Å²) in [5, 5.41) is 18.6. The largest absolute Gasteiger partial charge is 0.493 e. The highest BCUT2D eigenvalue weighted by molar-refractivity contribution is 8.15. The number of carboxylic acids is 1. The quantitative estimate of drug-likeness (QED) is 0.491. The zero-order chi connectivity index (χ0) is 21.5. The lowest BCUT2D eigenvalue weighted by molar-refractivity contribution is -0.138. The summed E-state index contributed by atoms with van der Waals surface area (Å²) in [7, 11) is 1.51. The number of carbonyl (C=O) groups excluding carboxylic acids is 1. The molecule has 1 aliphatic heterocycles. The van der Waals surface area contributed by atoms with Crippen LogP contribution in [0.3, 0.4) is 0 Å². The van der Waals surface area contributed by atoms with Crippen molar-refractivity contribution in [2.24, 2.45) is 10.2 Å². The van der Waals surface area contributed by atoms with Gasteiger partial charge in [0, 0.05) is 0 Å². The van der Waals surface area contributed by atoms with Gasteiger partial charge < -0.3 is 19.9 Å². The molecule has 10 heteroatoms. The number of amides is 1. The molecule has 2 aromatic rings. The van der Waals surface area contributed by atoms with Gasteiger partial charge in [0.15, 0.2) is 16.7 Å². The molecular formula is C20H18FN3O5S. The van der Waals surface area contributed by atoms with Crippen molar-refractivity contribution < 1.29 is 28.6 Å². The molecule has 0 unspecified atom stereocenters. The minimum absolute atomic E-state index is 0.244. The average Bonchev–Trinajstić information content (AvgIpc) is 3.06. The number of methoxy groups -OCH3 is 1. The number of carbonyl (C=O) groups is 2. The van der Waals surface area contributed by atoms with E-state index in [2.05, 4.69) is 15.5 Å². The average molecular weight is 431 g/mol. The topological polar surface area (TPSA) is 110 Å². The number of hydrogen-bond acceptors (Lipinski definition) is 7. The van der Waals surface area contributed by atoms with Crippen molar-refractivity contribution in [3.8, 4) is 11.5 Å². The van der Waals surface area contributed by atoms with E-state index in [1.165, 1.54) is 25.5 Å². The van der Waals surface area contributed by atoms with Crippen LogP contribution in [0, 0.1) is 5.82 Å². The smallest absolute Gasteiger partial charge is 0.305 e. The fourth-order valence-electron chi connectivity index (χ4n) is 2.52. The van der Waals surface area contributed by atoms with Crippen molar-refractivity contribution in [1.82, 2.24) is 5.32 Å². The van der Waals surface area contributed by atoms with Crippen LogP contribution in [-0.4, -0.2) is 40.7 Å². The molecule has 2 N–H and O–H groups in total. The summed E-state index contributed by atoms with van der Waals surface area (Å²) in [5.41, 5.74) is 1.50. The number of amidine groups is 1. The second-order valence-corrected chi connectivity index (χ2v) is 7.36. The molecule has 30 heavy (non-hydrogen) atoms. The van der Waals surface area contributed by atoms with E-state index in [-0.39, 0.29) is 24.0 Å². The highest BCUT2D eigenvalue weighted by atomic mass is 32.2. The Balaban J connectivity index is 1.62. The Hall–Kier alpha value is -3.40. The molecule has 1 atom stereocenters. The zero-order valence-corrected chi connectivity index (χ0v) is 16.7. The van der Waals surface area contributed by atoms with Crippen LogP contribution in [0.4, 0.5) is 4.39 Å². The SMILES string of the molecule is COc1cc(/C=N\N=C2\NC(=O)[C@@H](CC(=O)O)S2)ccc1OCc1ccc(F)cc1. The van der Waals surface area contributed by atoms with Crippen LogP contribution in [-0.2, 0) is 16.2 Å². The number of thioether (sulfide) groups is 1. The molecule has 1 amide bonds. The maximum absolute atomic E-state index is 13.0. The zero-order valence-electron chi connectivity index (χ0n) is 15.9. The monoisotopic (exact) mass is 431 g/mol. The third-order valence-corrected chi connectivity index (χ3v) is 5.06. The van der Waals surface area contributed by atoms with Gasteiger partial charge in [0.1, 0.15) is 17.7 Å². The highest BCUT2D eigenvalue weighted by Crippen LogP contribution is 2.28. The van der Waals surface area contributed by atoms with Crippen molar-refractivity contribution in [2.75, 3.05) is 7.11 Å². The molecule has 0 aromatic heterocycles. The molecule has 0 spiro atoms. The number of rotatable bonds is 8. The van der Waals surface area contributed by atoms with Gasteiger partial charge in [0.2, 0.25) is 5.91 Å². The number of benzene rings is 2. The summed E-state index contributed by atoms with van der Waals surface area (Å²) in [6.45, 7) is 0.256. The predicted molar refractivity (Wildman–Crippen MR) is 111 cm³/mol. The first-order valence-corrected chi connectivity index (χ1v) is 9.68. The summed E-state index contributed by atoms with van der Waals surface area (Å²) in [4.78, 5) is 22.4. The van der Waals surface area contributed by atoms with E-state index in [4.69, 9.17) is 14.6 Å². The molecule has 1 aliphatic rings. The Labute approximate surface area is 175 Å². The van der Waals surface area contributed by atoms with Crippen LogP contribution in [0.15, 0.2) is 52.7 Å². The van der Waals surface area contributed by atoms with Gasteiger partial charge in [-0.3, -0.25) is 9.59 Å². The summed E-state index contributed by atoms with van der Waals surface area (Å²) >= 11 is 1.02. The molecular weight excluding hydrogens is 413 g/mol. The van der Waals surface area contributed by atoms with Crippen LogP contribution < -0.4 is 14.8 Å². The number of halogens is 1. The first kappa shape index (κ1) is 21.3. The lowest BCUT2D eigenvalue weighted by atomic mass is 10.2. The van der Waals surface area contributed by atoms with Crippen molar-refractivity contribution in [1.29, 1.82) is 0 Å². The number of nitrogens with zero attached hydrogens (tertiary/aromatic N) is 2. The van der Waals surface area contributed by atoms with E-state index in [1.807, 2.05) is 0 Å². The molecule has 156 valence electrons. The van der Waals surface area contributed by atoms with Gasteiger partial charge >= 0.3 is 5.97 Å². The van der Waals surface area contributed by atoms with Crippen molar-refractivity contribution in [3.05, 3.63) is 59.4 Å². The molecule has 3 rings (SSSR count). The minimum Gasteiger partial charge on any atom is -0.493 e. The van der Waals surface area contributed by atoms with Crippen LogP contribution >= 0.6 is 11.8 Å². The number of carboxylic acid groups (broad SMARTS) is 1. The highest BCUT2D eigenvalue weighted by Gasteiger charge is 2.32. The lowest BCUT2D eigenvalue weighted by Crippen LogP contribution is -2.26. The van der Waals surface area contributed by atoms with Gasteiger partial charge in [-0.1, -0.05) is 23.9 Å². The maximum Gasteiger partial charge on any atom is 0.305 e. The van der Waals surface area contributed by atoms with E-state index in [0.29, 0.717) is 17.1 Å². The van der Waals surface area contributed by atoms with Crippen molar-refractivity contribution in [2.45, 2.75) is 18.3 Å². The van der Waals surface area contributed by atoms with E-state index < -0.39 is 17.1 Å². The number of aliphatic carboxylic acids is 1. The molecule has 1 saturated heterocycles. The van der Waals surface area contributed by atoms with Gasteiger partial charge in [-0.2, -0.15) is 5.10 Å². The number of nitrogens with one attached hydrogen (secondary N) is 1. The lowest BCUT2D eigenvalue weighted by Gasteiger charge is -2.11. The Morgan fingerprint density at radius 1 is 1.27 bits per heavy atom. The molecule has 0 radical (unpaired) electrons. The van der Waals surface area contributed by atoms with Gasteiger partial charge in [0.05, 0.1) is 19.7 Å². The number of ether oxygens (including phenoxy) is 2. The Morgan fingerprint density at radius 2 is 2.03 bits per heavy atom. The van der Waals surface area contributed by atoms with Crippen LogP contribution in [0.1, 0.15) is 17.5 Å². The third-order valence-electron chi connectivity index (χ3n) is 3.99. The van der Waals surface area contributed by atoms with Gasteiger partial charge in [-0.15, -0.1) is 5.10 Å². The summed E-state index contributed by atoms with van der Waals surface area (Å²) in [6.07, 6.45) is 1.19. The van der Waals surface area contributed by atoms with Crippen molar-refractivity contribution in [3.63, 3.8) is 0 Å². The molecule has 2 aromatic carbocycles. The predicted octanol–water partition coefficient (Wildman–Crippen LogP) is 2.81. The molecule has 1 heterocycles. The number of hydrogen-bond donors (Lipinski definition) is 2.